The molecule has 1 unspecified atom stereocenters. The highest BCUT2D eigenvalue weighted by Crippen LogP contribution is 2.24. The Bertz CT molecular complexity index is 604. The van der Waals surface area contributed by atoms with Gasteiger partial charge in [-0.1, -0.05) is 0 Å². The maximum atomic E-state index is 11.4. The summed E-state index contributed by atoms with van der Waals surface area (Å²) < 4.78 is 5.14. The molecule has 1 aromatic rings. The Labute approximate surface area is 118 Å². The molecule has 0 aliphatic carbocycles. The number of carbonyl (C=O) groups excluding carboxylic acids is 1. The van der Waals surface area contributed by atoms with E-state index in [-0.39, 0.29) is 19.0 Å². The Morgan fingerprint density at radius 2 is 2.29 bits per heavy atom. The molecular weight excluding hydrogens is 284 g/mol. The molecule has 3 N–H and O–H groups in total. The Hall–Kier alpha value is -2.75. The summed E-state index contributed by atoms with van der Waals surface area (Å²) in [6.07, 6.45) is 0.853. The number of carboxylic acid groups (broad SMARTS) is 1. The summed E-state index contributed by atoms with van der Waals surface area (Å²) in [5.74, 6) is -1.97. The molecule has 1 aliphatic heterocycles. The average Bonchev–Trinajstić information content (AvgIpc) is 2.46. The van der Waals surface area contributed by atoms with E-state index in [4.69, 9.17) is 15.6 Å². The van der Waals surface area contributed by atoms with E-state index in [0.717, 1.165) is 12.3 Å². The molecule has 10 heteroatoms. The van der Waals surface area contributed by atoms with Gasteiger partial charge < -0.3 is 20.5 Å². The normalized spacial score (nSPS) is 18.3. The maximum Gasteiger partial charge on any atom is 0.342 e. The van der Waals surface area contributed by atoms with E-state index >= 15 is 0 Å². The van der Waals surface area contributed by atoms with Crippen molar-refractivity contribution in [2.45, 2.75) is 6.04 Å². The van der Waals surface area contributed by atoms with E-state index in [9.17, 15) is 19.7 Å². The number of aromatic nitrogens is 1. The summed E-state index contributed by atoms with van der Waals surface area (Å²) in [5.41, 5.74) is 4.14. The third-order valence-corrected chi connectivity index (χ3v) is 3.05. The molecule has 1 aromatic heterocycles. The topological polar surface area (TPSA) is 149 Å². The summed E-state index contributed by atoms with van der Waals surface area (Å²) >= 11 is 0. The second-order valence-electron chi connectivity index (χ2n) is 4.31. The Balaban J connectivity index is 2.43. The summed E-state index contributed by atoms with van der Waals surface area (Å²) in [5, 5.41) is 19.8. The van der Waals surface area contributed by atoms with Gasteiger partial charge in [-0.3, -0.25) is 14.9 Å². The van der Waals surface area contributed by atoms with Gasteiger partial charge in [-0.05, 0) is 0 Å². The zero-order chi connectivity index (χ0) is 15.6. The Morgan fingerprint density at radius 3 is 2.86 bits per heavy atom. The van der Waals surface area contributed by atoms with Crippen molar-refractivity contribution in [2.75, 3.05) is 24.7 Å². The van der Waals surface area contributed by atoms with Crippen LogP contribution in [0.2, 0.25) is 0 Å². The van der Waals surface area contributed by atoms with Crippen LogP contribution in [0.25, 0.3) is 0 Å². The van der Waals surface area contributed by atoms with Gasteiger partial charge in [0.1, 0.15) is 23.6 Å². The molecule has 1 fully saturated rings. The molecule has 10 nitrogen and oxygen atoms in total. The number of pyridine rings is 1. The molecule has 0 saturated carbocycles. The first-order valence-corrected chi connectivity index (χ1v) is 5.93. The number of rotatable bonds is 4. The smallest absolute Gasteiger partial charge is 0.342 e. The minimum atomic E-state index is -1.45. The lowest BCUT2D eigenvalue weighted by Crippen LogP contribution is -2.53. The number of ether oxygens (including phenoxy) is 1. The second kappa shape index (κ2) is 5.71. The summed E-state index contributed by atoms with van der Waals surface area (Å²) in [7, 11) is 0. The SMILES string of the molecule is NC(=O)C1COCCN1c1cc(C(=O)O)c([N+](=O)[O-])cn1. The van der Waals surface area contributed by atoms with Crippen LogP contribution in [0.15, 0.2) is 12.3 Å². The fraction of sp³-hybridized carbons (Fsp3) is 0.364. The third kappa shape index (κ3) is 2.89. The Kier molecular flexibility index (Phi) is 3.98. The molecule has 2 heterocycles. The molecule has 112 valence electrons. The summed E-state index contributed by atoms with van der Waals surface area (Å²) in [6, 6.07) is 0.260. The molecule has 0 radical (unpaired) electrons. The number of hydrogen-bond acceptors (Lipinski definition) is 7. The van der Waals surface area contributed by atoms with Gasteiger partial charge in [-0.2, -0.15) is 0 Å². The van der Waals surface area contributed by atoms with Gasteiger partial charge >= 0.3 is 11.7 Å². The van der Waals surface area contributed by atoms with Gasteiger partial charge in [-0.25, -0.2) is 9.78 Å². The standard InChI is InChI=1S/C11H12N4O6/c12-10(16)8-5-21-2-1-14(8)9-3-6(11(17)18)7(4-13-9)15(19)20/h3-4,8H,1-2,5H2,(H2,12,16)(H,17,18). The maximum absolute atomic E-state index is 11.4. The molecule has 1 atom stereocenters. The predicted octanol–water partition coefficient (Wildman–Crippen LogP) is -0.621. The summed E-state index contributed by atoms with van der Waals surface area (Å²) in [6.45, 7) is 0.638. The first-order chi connectivity index (χ1) is 9.91. The number of aromatic carboxylic acids is 1. The third-order valence-electron chi connectivity index (χ3n) is 3.05. The molecule has 1 saturated heterocycles. The van der Waals surface area contributed by atoms with Crippen molar-refractivity contribution in [3.8, 4) is 0 Å². The number of primary amides is 1. The molecular formula is C11H12N4O6. The van der Waals surface area contributed by atoms with Crippen LogP contribution in [0.5, 0.6) is 0 Å². The molecule has 21 heavy (non-hydrogen) atoms. The van der Waals surface area contributed by atoms with Crippen molar-refractivity contribution in [1.29, 1.82) is 0 Å². The zero-order valence-corrected chi connectivity index (χ0v) is 10.8. The van der Waals surface area contributed by atoms with Crippen molar-refractivity contribution >= 4 is 23.4 Å². The van der Waals surface area contributed by atoms with E-state index < -0.39 is 34.1 Å². The van der Waals surface area contributed by atoms with Gasteiger partial charge in [0.15, 0.2) is 0 Å². The van der Waals surface area contributed by atoms with Crippen molar-refractivity contribution < 1.29 is 24.4 Å². The van der Waals surface area contributed by atoms with E-state index in [1.807, 2.05) is 0 Å². The van der Waals surface area contributed by atoms with Crippen molar-refractivity contribution in [3.63, 3.8) is 0 Å². The van der Waals surface area contributed by atoms with Crippen LogP contribution in [0.3, 0.4) is 0 Å². The fourth-order valence-electron chi connectivity index (χ4n) is 2.02. The van der Waals surface area contributed by atoms with Crippen LogP contribution < -0.4 is 10.6 Å². The van der Waals surface area contributed by atoms with Crippen LogP contribution in [-0.2, 0) is 9.53 Å². The van der Waals surface area contributed by atoms with E-state index in [0.29, 0.717) is 6.61 Å². The first kappa shape index (κ1) is 14.7. The van der Waals surface area contributed by atoms with Crippen LogP contribution in [-0.4, -0.2) is 52.7 Å². The molecule has 0 aromatic carbocycles. The van der Waals surface area contributed by atoms with E-state index in [1.54, 1.807) is 0 Å². The van der Waals surface area contributed by atoms with E-state index in [2.05, 4.69) is 4.98 Å². The van der Waals surface area contributed by atoms with Crippen molar-refractivity contribution in [1.82, 2.24) is 4.98 Å². The van der Waals surface area contributed by atoms with Crippen molar-refractivity contribution in [3.05, 3.63) is 27.9 Å². The number of anilines is 1. The predicted molar refractivity (Wildman–Crippen MR) is 69.0 cm³/mol. The minimum Gasteiger partial charge on any atom is -0.477 e. The highest BCUT2D eigenvalue weighted by molar-refractivity contribution is 5.93. The molecule has 1 aliphatic rings. The molecule has 0 bridgehead atoms. The minimum absolute atomic E-state index is 0.0520. The number of nitrogens with two attached hydrogens (primary N) is 1. The number of amides is 1. The lowest BCUT2D eigenvalue weighted by molar-refractivity contribution is -0.385. The highest BCUT2D eigenvalue weighted by Gasteiger charge is 2.31. The lowest BCUT2D eigenvalue weighted by Gasteiger charge is -2.34. The molecule has 2 rings (SSSR count). The summed E-state index contributed by atoms with van der Waals surface area (Å²) in [4.78, 5) is 37.8. The molecule has 0 spiro atoms. The van der Waals surface area contributed by atoms with Gasteiger partial charge in [0.05, 0.1) is 18.1 Å². The molecule has 1 amide bonds. The number of nitro groups is 1. The first-order valence-electron chi connectivity index (χ1n) is 5.93. The largest absolute Gasteiger partial charge is 0.477 e. The second-order valence-corrected chi connectivity index (χ2v) is 4.31. The van der Waals surface area contributed by atoms with Crippen LogP contribution in [0.1, 0.15) is 10.4 Å². The average molecular weight is 296 g/mol. The van der Waals surface area contributed by atoms with Gasteiger partial charge in [0.2, 0.25) is 5.91 Å². The van der Waals surface area contributed by atoms with Crippen molar-refractivity contribution in [2.24, 2.45) is 5.73 Å². The number of carboxylic acids is 1. The fourth-order valence-corrected chi connectivity index (χ4v) is 2.02. The lowest BCUT2D eigenvalue weighted by atomic mass is 10.1. The number of carbonyl (C=O) groups is 2. The number of morpholine rings is 1. The number of hydrogen-bond donors (Lipinski definition) is 2. The van der Waals surface area contributed by atoms with Crippen LogP contribution in [0.4, 0.5) is 11.5 Å². The van der Waals surface area contributed by atoms with Crippen LogP contribution >= 0.6 is 0 Å². The van der Waals surface area contributed by atoms with Crippen LogP contribution in [0, 0.1) is 10.1 Å². The van der Waals surface area contributed by atoms with Gasteiger partial charge in [-0.15, -0.1) is 0 Å². The quantitative estimate of drug-likeness (QED) is 0.551. The van der Waals surface area contributed by atoms with Gasteiger partial charge in [0, 0.05) is 12.6 Å². The highest BCUT2D eigenvalue weighted by atomic mass is 16.6. The zero-order valence-electron chi connectivity index (χ0n) is 10.8. The monoisotopic (exact) mass is 296 g/mol. The van der Waals surface area contributed by atoms with E-state index in [1.165, 1.54) is 4.90 Å². The number of nitrogens with zero attached hydrogens (tertiary/aromatic N) is 3. The Morgan fingerprint density at radius 1 is 1.57 bits per heavy atom. The van der Waals surface area contributed by atoms with Gasteiger partial charge in [0.25, 0.3) is 0 Å².